The largest absolute Gasteiger partial charge is 0.396 e. The van der Waals surface area contributed by atoms with Crippen LogP contribution in [0.2, 0.25) is 0 Å². The number of carbonyl (C=O) groups excluding carboxylic acids is 1. The second kappa shape index (κ2) is 6.65. The van der Waals surface area contributed by atoms with Crippen molar-refractivity contribution < 1.29 is 9.90 Å². The second-order valence-electron chi connectivity index (χ2n) is 5.81. The Morgan fingerprint density at radius 3 is 2.65 bits per heavy atom. The van der Waals surface area contributed by atoms with Crippen molar-refractivity contribution in [1.29, 1.82) is 0 Å². The molecule has 1 amide bonds. The van der Waals surface area contributed by atoms with Crippen molar-refractivity contribution in [2.24, 2.45) is 5.41 Å². The van der Waals surface area contributed by atoms with E-state index in [4.69, 9.17) is 5.11 Å². The van der Waals surface area contributed by atoms with Gasteiger partial charge in [0.2, 0.25) is 0 Å². The van der Waals surface area contributed by atoms with Gasteiger partial charge in [-0.05, 0) is 32.1 Å². The molecule has 1 heterocycles. The van der Waals surface area contributed by atoms with Crippen LogP contribution in [0.4, 0.5) is 0 Å². The van der Waals surface area contributed by atoms with Crippen molar-refractivity contribution in [3.8, 4) is 0 Å². The van der Waals surface area contributed by atoms with E-state index in [9.17, 15) is 9.59 Å². The minimum atomic E-state index is -0.471. The second-order valence-corrected chi connectivity index (χ2v) is 5.81. The van der Waals surface area contributed by atoms with Crippen molar-refractivity contribution in [1.82, 2.24) is 15.3 Å². The predicted octanol–water partition coefficient (Wildman–Crippen LogP) is 0.915. The number of aliphatic hydroxyl groups is 1. The molecule has 0 unspecified atom stereocenters. The number of nitrogens with zero attached hydrogens (tertiary/aromatic N) is 1. The Labute approximate surface area is 118 Å². The molecule has 0 aliphatic rings. The number of aliphatic hydroxyl groups excluding tert-OH is 1. The summed E-state index contributed by atoms with van der Waals surface area (Å²) in [4.78, 5) is 30.2. The summed E-state index contributed by atoms with van der Waals surface area (Å²) >= 11 is 0. The number of carbonyl (C=O) groups is 1. The van der Waals surface area contributed by atoms with Crippen molar-refractivity contribution in [3.63, 3.8) is 0 Å². The first-order valence-corrected chi connectivity index (χ1v) is 6.73. The molecule has 0 radical (unpaired) electrons. The van der Waals surface area contributed by atoms with Crippen molar-refractivity contribution in [2.75, 3.05) is 13.2 Å². The van der Waals surface area contributed by atoms with Gasteiger partial charge in [0.25, 0.3) is 11.5 Å². The highest BCUT2D eigenvalue weighted by molar-refractivity contribution is 5.91. The van der Waals surface area contributed by atoms with Gasteiger partial charge < -0.3 is 15.4 Å². The number of hydrogen-bond acceptors (Lipinski definition) is 4. The van der Waals surface area contributed by atoms with Gasteiger partial charge in [0.1, 0.15) is 0 Å². The van der Waals surface area contributed by atoms with E-state index in [1.54, 1.807) is 13.8 Å². The highest BCUT2D eigenvalue weighted by Crippen LogP contribution is 2.20. The first-order valence-electron chi connectivity index (χ1n) is 6.73. The third-order valence-corrected chi connectivity index (χ3v) is 3.30. The molecule has 0 fully saturated rings. The Hall–Kier alpha value is -1.69. The molecule has 6 heteroatoms. The number of amides is 1. The van der Waals surface area contributed by atoms with E-state index >= 15 is 0 Å². The first kappa shape index (κ1) is 16.4. The first-order chi connectivity index (χ1) is 9.26. The Balaban J connectivity index is 2.56. The summed E-state index contributed by atoms with van der Waals surface area (Å²) in [6.07, 6.45) is 1.53. The van der Waals surface area contributed by atoms with Crippen LogP contribution in [0, 0.1) is 19.3 Å². The van der Waals surface area contributed by atoms with E-state index < -0.39 is 11.5 Å². The topological polar surface area (TPSA) is 95.1 Å². The zero-order chi connectivity index (χ0) is 15.3. The van der Waals surface area contributed by atoms with Crippen LogP contribution in [0.1, 0.15) is 48.6 Å². The Morgan fingerprint density at radius 1 is 1.40 bits per heavy atom. The molecule has 0 aliphatic heterocycles. The molecule has 1 rings (SSSR count). The van der Waals surface area contributed by atoms with Crippen LogP contribution in [0.15, 0.2) is 4.79 Å². The monoisotopic (exact) mass is 281 g/mol. The molecule has 112 valence electrons. The van der Waals surface area contributed by atoms with Gasteiger partial charge in [0.15, 0.2) is 5.69 Å². The number of aromatic nitrogens is 2. The minimum Gasteiger partial charge on any atom is -0.396 e. The zero-order valence-corrected chi connectivity index (χ0v) is 12.5. The van der Waals surface area contributed by atoms with Crippen molar-refractivity contribution in [3.05, 3.63) is 27.4 Å². The van der Waals surface area contributed by atoms with Crippen LogP contribution < -0.4 is 10.9 Å². The molecule has 6 nitrogen and oxygen atoms in total. The van der Waals surface area contributed by atoms with E-state index in [0.717, 1.165) is 12.8 Å². The number of H-pyrrole nitrogens is 1. The van der Waals surface area contributed by atoms with E-state index in [2.05, 4.69) is 15.3 Å². The highest BCUT2D eigenvalue weighted by Gasteiger charge is 2.17. The maximum Gasteiger partial charge on any atom is 0.279 e. The molecule has 1 aromatic rings. The van der Waals surface area contributed by atoms with Crippen LogP contribution >= 0.6 is 0 Å². The summed E-state index contributed by atoms with van der Waals surface area (Å²) in [5.41, 5.74) is 0.573. The SMILES string of the molecule is Cc1nc(C(=O)NCCCC(C)(C)CO)c(=O)[nH]c1C. The summed E-state index contributed by atoms with van der Waals surface area (Å²) in [5, 5.41) is 11.8. The molecule has 0 spiro atoms. The number of aryl methyl sites for hydroxylation is 2. The van der Waals surface area contributed by atoms with Gasteiger partial charge in [-0.25, -0.2) is 4.98 Å². The predicted molar refractivity (Wildman–Crippen MR) is 76.8 cm³/mol. The molecule has 0 bridgehead atoms. The zero-order valence-electron chi connectivity index (χ0n) is 12.5. The third-order valence-electron chi connectivity index (χ3n) is 3.30. The Kier molecular flexibility index (Phi) is 5.44. The summed E-state index contributed by atoms with van der Waals surface area (Å²) in [7, 11) is 0. The highest BCUT2D eigenvalue weighted by atomic mass is 16.3. The number of hydrogen-bond donors (Lipinski definition) is 3. The summed E-state index contributed by atoms with van der Waals surface area (Å²) in [6, 6.07) is 0. The average Bonchev–Trinajstić information content (AvgIpc) is 2.38. The summed E-state index contributed by atoms with van der Waals surface area (Å²) in [5.74, 6) is -0.462. The lowest BCUT2D eigenvalue weighted by Crippen LogP contribution is -2.33. The quantitative estimate of drug-likeness (QED) is 0.676. The van der Waals surface area contributed by atoms with Gasteiger partial charge in [-0.1, -0.05) is 13.8 Å². The molecule has 0 aliphatic carbocycles. The van der Waals surface area contributed by atoms with Crippen molar-refractivity contribution in [2.45, 2.75) is 40.5 Å². The molecule has 1 aromatic heterocycles. The maximum absolute atomic E-state index is 11.9. The van der Waals surface area contributed by atoms with E-state index in [0.29, 0.717) is 17.9 Å². The van der Waals surface area contributed by atoms with Gasteiger partial charge in [-0.15, -0.1) is 0 Å². The van der Waals surface area contributed by atoms with Gasteiger partial charge in [-0.2, -0.15) is 0 Å². The van der Waals surface area contributed by atoms with Crippen LogP contribution in [-0.4, -0.2) is 34.1 Å². The third kappa shape index (κ3) is 4.45. The number of aromatic amines is 1. The summed E-state index contributed by atoms with van der Waals surface area (Å²) < 4.78 is 0. The standard InChI is InChI=1S/C14H23N3O3/c1-9-10(2)17-13(20)11(16-9)12(19)15-7-5-6-14(3,4)8-18/h18H,5-8H2,1-4H3,(H,15,19)(H,17,20). The van der Waals surface area contributed by atoms with E-state index in [1.165, 1.54) is 0 Å². The Morgan fingerprint density at radius 2 is 2.05 bits per heavy atom. The van der Waals surface area contributed by atoms with Crippen molar-refractivity contribution >= 4 is 5.91 Å². The van der Waals surface area contributed by atoms with Gasteiger partial charge in [-0.3, -0.25) is 9.59 Å². The number of rotatable bonds is 6. The molecule has 3 N–H and O–H groups in total. The number of nitrogens with one attached hydrogen (secondary N) is 2. The molecule has 0 atom stereocenters. The maximum atomic E-state index is 11.9. The van der Waals surface area contributed by atoms with Crippen LogP contribution in [0.5, 0.6) is 0 Å². The summed E-state index contributed by atoms with van der Waals surface area (Å²) in [6.45, 7) is 7.97. The molecule has 0 saturated carbocycles. The smallest absolute Gasteiger partial charge is 0.279 e. The fourth-order valence-electron chi connectivity index (χ4n) is 1.71. The van der Waals surface area contributed by atoms with Gasteiger partial charge in [0.05, 0.1) is 5.69 Å². The minimum absolute atomic E-state index is 0.102. The lowest BCUT2D eigenvalue weighted by molar-refractivity contribution is 0.0941. The molecule has 20 heavy (non-hydrogen) atoms. The average molecular weight is 281 g/mol. The molecular formula is C14H23N3O3. The van der Waals surface area contributed by atoms with Gasteiger partial charge in [0, 0.05) is 18.8 Å². The molecule has 0 aromatic carbocycles. The fraction of sp³-hybridized carbons (Fsp3) is 0.643. The van der Waals surface area contributed by atoms with E-state index in [-0.39, 0.29) is 17.7 Å². The fourth-order valence-corrected chi connectivity index (χ4v) is 1.71. The normalized spacial score (nSPS) is 11.4. The molecule has 0 saturated heterocycles. The van der Waals surface area contributed by atoms with Gasteiger partial charge >= 0.3 is 0 Å². The lowest BCUT2D eigenvalue weighted by atomic mass is 9.89. The van der Waals surface area contributed by atoms with E-state index in [1.807, 2.05) is 13.8 Å². The van der Waals surface area contributed by atoms with Crippen LogP contribution in [-0.2, 0) is 0 Å². The van der Waals surface area contributed by atoms with Crippen LogP contribution in [0.25, 0.3) is 0 Å². The lowest BCUT2D eigenvalue weighted by Gasteiger charge is -2.21. The van der Waals surface area contributed by atoms with Crippen LogP contribution in [0.3, 0.4) is 0 Å². The Bertz CT molecular complexity index is 535. The molecular weight excluding hydrogens is 258 g/mol.